The Hall–Kier alpha value is -1.14. The maximum absolute atomic E-state index is 11.7. The Morgan fingerprint density at radius 1 is 0.710 bits per heavy atom. The molecular formula is C25H50O6. The Balaban J connectivity index is 0. The third kappa shape index (κ3) is 16.2. The van der Waals surface area contributed by atoms with E-state index in [1.165, 1.54) is 6.42 Å². The molecule has 186 valence electrons. The summed E-state index contributed by atoms with van der Waals surface area (Å²) in [5.41, 5.74) is -1.15. The van der Waals surface area contributed by atoms with Gasteiger partial charge < -0.3 is 18.9 Å². The molecule has 0 aliphatic carbocycles. The van der Waals surface area contributed by atoms with E-state index in [1.54, 1.807) is 13.8 Å². The Morgan fingerprint density at radius 3 is 1.48 bits per heavy atom. The predicted octanol–water partition coefficient (Wildman–Crippen LogP) is 6.65. The molecule has 0 amide bonds. The molecule has 0 aromatic carbocycles. The molecule has 6 nitrogen and oxygen atoms in total. The molecule has 0 bridgehead atoms. The molecule has 6 heteroatoms. The molecule has 0 heterocycles. The van der Waals surface area contributed by atoms with Crippen LogP contribution in [0, 0.1) is 10.8 Å². The average Bonchev–Trinajstić information content (AvgIpc) is 2.64. The minimum atomic E-state index is -0.497. The topological polar surface area (TPSA) is 71.1 Å². The zero-order valence-corrected chi connectivity index (χ0v) is 22.3. The van der Waals surface area contributed by atoms with E-state index in [-0.39, 0.29) is 17.5 Å². The molecule has 0 spiro atoms. The van der Waals surface area contributed by atoms with Crippen molar-refractivity contribution >= 4 is 11.9 Å². The number of esters is 2. The predicted molar refractivity (Wildman–Crippen MR) is 126 cm³/mol. The van der Waals surface area contributed by atoms with Crippen molar-refractivity contribution < 1.29 is 28.5 Å². The zero-order chi connectivity index (χ0) is 24.9. The molecule has 0 N–H and O–H groups in total. The van der Waals surface area contributed by atoms with Crippen LogP contribution in [0.2, 0.25) is 0 Å². The van der Waals surface area contributed by atoms with Crippen molar-refractivity contribution in [3.63, 3.8) is 0 Å². The molecule has 0 fully saturated rings. The van der Waals surface area contributed by atoms with Crippen molar-refractivity contribution in [3.05, 3.63) is 0 Å². The first-order chi connectivity index (χ1) is 14.0. The van der Waals surface area contributed by atoms with E-state index in [0.29, 0.717) is 6.61 Å². The molecule has 0 saturated heterocycles. The maximum Gasteiger partial charge on any atom is 0.313 e. The van der Waals surface area contributed by atoms with Crippen LogP contribution < -0.4 is 0 Å². The summed E-state index contributed by atoms with van der Waals surface area (Å²) in [5.74, 6) is -0.389. The summed E-state index contributed by atoms with van der Waals surface area (Å²) >= 11 is 0. The van der Waals surface area contributed by atoms with Gasteiger partial charge in [-0.2, -0.15) is 0 Å². The lowest BCUT2D eigenvalue weighted by Gasteiger charge is -2.28. The van der Waals surface area contributed by atoms with Crippen LogP contribution in [0.5, 0.6) is 0 Å². The van der Waals surface area contributed by atoms with E-state index < -0.39 is 23.4 Å². The Labute approximate surface area is 191 Å². The minimum Gasteiger partial charge on any atom is -0.436 e. The van der Waals surface area contributed by atoms with Crippen LogP contribution in [0.1, 0.15) is 115 Å². The smallest absolute Gasteiger partial charge is 0.313 e. The quantitative estimate of drug-likeness (QED) is 0.190. The molecule has 0 aromatic rings. The van der Waals surface area contributed by atoms with Gasteiger partial charge >= 0.3 is 11.9 Å². The fourth-order valence-corrected chi connectivity index (χ4v) is 2.07. The van der Waals surface area contributed by atoms with E-state index >= 15 is 0 Å². The number of carbonyl (C=O) groups is 2. The first-order valence-corrected chi connectivity index (χ1v) is 11.7. The second-order valence-corrected chi connectivity index (χ2v) is 10.2. The average molecular weight is 447 g/mol. The Morgan fingerprint density at radius 2 is 1.13 bits per heavy atom. The summed E-state index contributed by atoms with van der Waals surface area (Å²) < 4.78 is 21.4. The van der Waals surface area contributed by atoms with Crippen molar-refractivity contribution in [2.75, 3.05) is 6.61 Å². The van der Waals surface area contributed by atoms with Gasteiger partial charge in [0, 0.05) is 0 Å². The highest BCUT2D eigenvalue weighted by atomic mass is 16.7. The number of unbranched alkanes of at least 4 members (excludes halogenated alkanes) is 2. The van der Waals surface area contributed by atoms with Gasteiger partial charge in [0.15, 0.2) is 6.29 Å². The molecule has 0 aromatic heterocycles. The molecular weight excluding hydrogens is 396 g/mol. The first-order valence-electron chi connectivity index (χ1n) is 11.7. The van der Waals surface area contributed by atoms with Gasteiger partial charge in [-0.1, -0.05) is 33.6 Å². The number of hydrogen-bond donors (Lipinski definition) is 0. The highest BCUT2D eigenvalue weighted by Crippen LogP contribution is 2.24. The number of ether oxygens (including phenoxy) is 4. The molecule has 0 radical (unpaired) electrons. The highest BCUT2D eigenvalue weighted by molar-refractivity contribution is 5.76. The van der Waals surface area contributed by atoms with Gasteiger partial charge in [-0.15, -0.1) is 0 Å². The van der Waals surface area contributed by atoms with Gasteiger partial charge in [0.2, 0.25) is 6.29 Å². The van der Waals surface area contributed by atoms with Crippen LogP contribution in [0.15, 0.2) is 0 Å². The number of carbonyl (C=O) groups excluding carboxylic acids is 2. The second-order valence-electron chi connectivity index (χ2n) is 10.2. The van der Waals surface area contributed by atoms with Gasteiger partial charge in [0.1, 0.15) is 0 Å². The Bertz CT molecular complexity index is 505. The van der Waals surface area contributed by atoms with Crippen LogP contribution in [-0.2, 0) is 28.5 Å². The fourth-order valence-electron chi connectivity index (χ4n) is 2.07. The SMILES string of the molecule is CCC(C)(C)C(=O)OC(C)OC(C)(C)C.CCCCCOC(C)OC(=O)C(C)(C)CC. The Kier molecular flexibility index (Phi) is 15.3. The third-order valence-corrected chi connectivity index (χ3v) is 5.04. The summed E-state index contributed by atoms with van der Waals surface area (Å²) in [6, 6.07) is 0. The van der Waals surface area contributed by atoms with Crippen molar-refractivity contribution in [1.29, 1.82) is 0 Å². The van der Waals surface area contributed by atoms with Crippen molar-refractivity contribution in [1.82, 2.24) is 0 Å². The molecule has 31 heavy (non-hydrogen) atoms. The number of rotatable bonds is 12. The largest absolute Gasteiger partial charge is 0.436 e. The van der Waals surface area contributed by atoms with Gasteiger partial charge in [-0.3, -0.25) is 9.59 Å². The lowest BCUT2D eigenvalue weighted by Crippen LogP contribution is -2.34. The van der Waals surface area contributed by atoms with Crippen LogP contribution >= 0.6 is 0 Å². The summed E-state index contributed by atoms with van der Waals surface area (Å²) in [7, 11) is 0. The zero-order valence-electron chi connectivity index (χ0n) is 22.3. The first kappa shape index (κ1) is 32.0. The minimum absolute atomic E-state index is 0.182. The van der Waals surface area contributed by atoms with Crippen LogP contribution in [-0.4, -0.2) is 36.7 Å². The summed E-state index contributed by atoms with van der Waals surface area (Å²) in [6.45, 7) is 23.6. The van der Waals surface area contributed by atoms with E-state index in [9.17, 15) is 9.59 Å². The lowest BCUT2D eigenvalue weighted by atomic mass is 9.91. The van der Waals surface area contributed by atoms with E-state index in [4.69, 9.17) is 18.9 Å². The summed E-state index contributed by atoms with van der Waals surface area (Å²) in [5, 5.41) is 0. The standard InChI is InChI=1S/C13H26O3.C12H24O3/c1-6-8-9-10-15-11(3)16-12(14)13(4,5)7-2;1-8-12(6,7)10(13)14-9(2)15-11(3,4)5/h11H,6-10H2,1-5H3;9H,8H2,1-7H3. The normalized spacial score (nSPS) is 14.2. The van der Waals surface area contributed by atoms with Crippen LogP contribution in [0.4, 0.5) is 0 Å². The molecule has 0 rings (SSSR count). The van der Waals surface area contributed by atoms with Gasteiger partial charge in [-0.25, -0.2) is 0 Å². The van der Waals surface area contributed by atoms with E-state index in [2.05, 4.69) is 6.92 Å². The molecule has 2 atom stereocenters. The molecule has 0 aliphatic rings. The van der Waals surface area contributed by atoms with Gasteiger partial charge in [-0.05, 0) is 81.6 Å². The highest BCUT2D eigenvalue weighted by Gasteiger charge is 2.30. The lowest BCUT2D eigenvalue weighted by molar-refractivity contribution is -0.205. The van der Waals surface area contributed by atoms with Crippen molar-refractivity contribution in [2.45, 2.75) is 133 Å². The third-order valence-electron chi connectivity index (χ3n) is 5.04. The van der Waals surface area contributed by atoms with Crippen LogP contribution in [0.3, 0.4) is 0 Å². The summed E-state index contributed by atoms with van der Waals surface area (Å²) in [4.78, 5) is 23.4. The molecule has 2 unspecified atom stereocenters. The van der Waals surface area contributed by atoms with E-state index in [0.717, 1.165) is 25.7 Å². The summed E-state index contributed by atoms with van der Waals surface area (Å²) in [6.07, 6.45) is 3.94. The van der Waals surface area contributed by atoms with Crippen molar-refractivity contribution in [3.8, 4) is 0 Å². The fraction of sp³-hybridized carbons (Fsp3) is 0.920. The van der Waals surface area contributed by atoms with Crippen LogP contribution in [0.25, 0.3) is 0 Å². The maximum atomic E-state index is 11.7. The monoisotopic (exact) mass is 446 g/mol. The van der Waals surface area contributed by atoms with E-state index in [1.807, 2.05) is 62.3 Å². The van der Waals surface area contributed by atoms with Gasteiger partial charge in [0.25, 0.3) is 0 Å². The second kappa shape index (κ2) is 14.8. The molecule has 0 aliphatic heterocycles. The van der Waals surface area contributed by atoms with Crippen molar-refractivity contribution in [2.24, 2.45) is 10.8 Å². The number of hydrogen-bond acceptors (Lipinski definition) is 6. The van der Waals surface area contributed by atoms with Gasteiger partial charge in [0.05, 0.1) is 23.0 Å². The molecule has 0 saturated carbocycles.